The van der Waals surface area contributed by atoms with Gasteiger partial charge in [-0.2, -0.15) is 4.68 Å². The number of aromatic nitrogens is 4. The van der Waals surface area contributed by atoms with Gasteiger partial charge in [-0.15, -0.1) is 5.10 Å². The van der Waals surface area contributed by atoms with E-state index in [1.54, 1.807) is 18.2 Å². The predicted molar refractivity (Wildman–Crippen MR) is 87.5 cm³/mol. The van der Waals surface area contributed by atoms with E-state index in [4.69, 9.17) is 9.47 Å². The van der Waals surface area contributed by atoms with Gasteiger partial charge in [0.1, 0.15) is 0 Å². The Bertz CT molecular complexity index is 1010. The molecule has 2 amide bonds. The number of hydrogen-bond acceptors (Lipinski definition) is 6. The quantitative estimate of drug-likeness (QED) is 0.724. The van der Waals surface area contributed by atoms with E-state index in [0.717, 1.165) is 12.1 Å². The number of rotatable bonds is 4. The second-order valence-corrected chi connectivity index (χ2v) is 5.48. The third kappa shape index (κ3) is 3.47. The Morgan fingerprint density at radius 3 is 2.81 bits per heavy atom. The van der Waals surface area contributed by atoms with Gasteiger partial charge in [-0.3, -0.25) is 0 Å². The van der Waals surface area contributed by atoms with E-state index in [9.17, 15) is 13.6 Å². The van der Waals surface area contributed by atoms with Gasteiger partial charge in [0.05, 0.1) is 12.2 Å². The van der Waals surface area contributed by atoms with Crippen LogP contribution in [0, 0.1) is 11.6 Å². The Balaban J connectivity index is 1.41. The lowest BCUT2D eigenvalue weighted by Crippen LogP contribution is -2.29. The topological polar surface area (TPSA) is 103 Å². The summed E-state index contributed by atoms with van der Waals surface area (Å²) in [6.07, 6.45) is 0. The number of benzene rings is 2. The molecule has 0 saturated heterocycles. The Kier molecular flexibility index (Phi) is 4.24. The molecule has 0 aliphatic carbocycles. The molecule has 0 bridgehead atoms. The SMILES string of the molecule is O=C(NCc1nnnn1-c1ccc(F)c(F)c1)Nc1ccc2c(c1)OCO2. The highest BCUT2D eigenvalue weighted by Crippen LogP contribution is 2.34. The van der Waals surface area contributed by atoms with E-state index in [1.165, 1.54) is 10.7 Å². The van der Waals surface area contributed by atoms with Gasteiger partial charge in [-0.1, -0.05) is 0 Å². The number of amides is 2. The number of halogens is 2. The van der Waals surface area contributed by atoms with Crippen molar-refractivity contribution in [1.29, 1.82) is 0 Å². The van der Waals surface area contributed by atoms with E-state index in [0.29, 0.717) is 17.2 Å². The van der Waals surface area contributed by atoms with Gasteiger partial charge >= 0.3 is 6.03 Å². The molecule has 1 aromatic heterocycles. The van der Waals surface area contributed by atoms with Crippen LogP contribution >= 0.6 is 0 Å². The van der Waals surface area contributed by atoms with Crippen molar-refractivity contribution in [2.75, 3.05) is 12.1 Å². The lowest BCUT2D eigenvalue weighted by molar-refractivity contribution is 0.174. The summed E-state index contributed by atoms with van der Waals surface area (Å²) in [5.41, 5.74) is 0.740. The Morgan fingerprint density at radius 1 is 1.11 bits per heavy atom. The number of fused-ring (bicyclic) bond motifs is 1. The Hall–Kier alpha value is -3.76. The molecule has 27 heavy (non-hydrogen) atoms. The summed E-state index contributed by atoms with van der Waals surface area (Å²) in [7, 11) is 0. The van der Waals surface area contributed by atoms with Gasteiger partial charge in [-0.05, 0) is 34.7 Å². The van der Waals surface area contributed by atoms with Crippen LogP contribution < -0.4 is 20.1 Å². The van der Waals surface area contributed by atoms with Gasteiger partial charge in [0.25, 0.3) is 0 Å². The highest BCUT2D eigenvalue weighted by molar-refractivity contribution is 5.89. The van der Waals surface area contributed by atoms with Crippen LogP contribution in [0.25, 0.3) is 5.69 Å². The predicted octanol–water partition coefficient (Wildman–Crippen LogP) is 1.99. The number of ether oxygens (including phenoxy) is 2. The first-order valence-electron chi connectivity index (χ1n) is 7.77. The lowest BCUT2D eigenvalue weighted by Gasteiger charge is -2.09. The minimum Gasteiger partial charge on any atom is -0.454 e. The third-order valence-electron chi connectivity index (χ3n) is 3.72. The monoisotopic (exact) mass is 374 g/mol. The standard InChI is InChI=1S/C16H12F2N6O3/c17-11-3-2-10(6-12(11)18)24-15(21-22-23-24)7-19-16(25)20-9-1-4-13-14(5-9)27-8-26-13/h1-6H,7-8H2,(H2,19,20,25). The summed E-state index contributed by atoms with van der Waals surface area (Å²) in [4.78, 5) is 12.1. The molecule has 0 fully saturated rings. The summed E-state index contributed by atoms with van der Waals surface area (Å²) in [5, 5.41) is 16.2. The molecule has 0 saturated carbocycles. The zero-order valence-corrected chi connectivity index (χ0v) is 13.6. The van der Waals surface area contributed by atoms with Crippen LogP contribution in [0.4, 0.5) is 19.3 Å². The van der Waals surface area contributed by atoms with E-state index in [1.807, 2.05) is 0 Å². The van der Waals surface area contributed by atoms with Crippen LogP contribution in [0.5, 0.6) is 11.5 Å². The smallest absolute Gasteiger partial charge is 0.319 e. The zero-order valence-electron chi connectivity index (χ0n) is 13.6. The second kappa shape index (κ2) is 6.86. The largest absolute Gasteiger partial charge is 0.454 e. The van der Waals surface area contributed by atoms with Crippen molar-refractivity contribution >= 4 is 11.7 Å². The average molecular weight is 374 g/mol. The molecule has 2 N–H and O–H groups in total. The van der Waals surface area contributed by atoms with Crippen molar-refractivity contribution < 1.29 is 23.0 Å². The fourth-order valence-corrected chi connectivity index (χ4v) is 2.44. The van der Waals surface area contributed by atoms with E-state index in [2.05, 4.69) is 26.2 Å². The van der Waals surface area contributed by atoms with Crippen LogP contribution in [0.15, 0.2) is 36.4 Å². The number of nitrogens with zero attached hydrogens (tertiary/aromatic N) is 4. The maximum Gasteiger partial charge on any atom is 0.319 e. The van der Waals surface area contributed by atoms with Crippen molar-refractivity contribution in [2.24, 2.45) is 0 Å². The van der Waals surface area contributed by atoms with E-state index >= 15 is 0 Å². The first-order valence-corrected chi connectivity index (χ1v) is 7.77. The van der Waals surface area contributed by atoms with Crippen LogP contribution in [0.3, 0.4) is 0 Å². The summed E-state index contributed by atoms with van der Waals surface area (Å²) >= 11 is 0. The normalized spacial score (nSPS) is 12.1. The highest BCUT2D eigenvalue weighted by Gasteiger charge is 2.15. The maximum absolute atomic E-state index is 13.4. The van der Waals surface area contributed by atoms with Crippen molar-refractivity contribution in [3.8, 4) is 17.2 Å². The van der Waals surface area contributed by atoms with Crippen LogP contribution in [0.1, 0.15) is 5.82 Å². The van der Waals surface area contributed by atoms with Crippen LogP contribution in [-0.2, 0) is 6.54 Å². The molecule has 1 aliphatic heterocycles. The van der Waals surface area contributed by atoms with Crippen molar-refractivity contribution in [3.05, 3.63) is 53.9 Å². The Labute approximate surface area is 150 Å². The molecule has 11 heteroatoms. The van der Waals surface area contributed by atoms with E-state index < -0.39 is 17.7 Å². The fraction of sp³-hybridized carbons (Fsp3) is 0.125. The number of urea groups is 1. The molecule has 2 aromatic carbocycles. The molecule has 0 atom stereocenters. The average Bonchev–Trinajstić information content (AvgIpc) is 3.31. The van der Waals surface area contributed by atoms with Crippen LogP contribution in [-0.4, -0.2) is 33.0 Å². The molecule has 138 valence electrons. The van der Waals surface area contributed by atoms with Crippen molar-refractivity contribution in [3.63, 3.8) is 0 Å². The third-order valence-corrected chi connectivity index (χ3v) is 3.72. The molecule has 4 rings (SSSR count). The molecular weight excluding hydrogens is 362 g/mol. The second-order valence-electron chi connectivity index (χ2n) is 5.48. The number of anilines is 1. The highest BCUT2D eigenvalue weighted by atomic mass is 19.2. The molecule has 2 heterocycles. The molecule has 3 aromatic rings. The molecule has 0 radical (unpaired) electrons. The zero-order chi connectivity index (χ0) is 18.8. The molecular formula is C16H12F2N6O3. The number of carbonyl (C=O) groups is 1. The van der Waals surface area contributed by atoms with E-state index in [-0.39, 0.29) is 24.8 Å². The number of nitrogens with one attached hydrogen (secondary N) is 2. The summed E-state index contributed by atoms with van der Waals surface area (Å²) in [5.74, 6) is -0.624. The van der Waals surface area contributed by atoms with Gasteiger partial charge in [0, 0.05) is 17.8 Å². The first-order chi connectivity index (χ1) is 13.1. The number of hydrogen-bond donors (Lipinski definition) is 2. The fourth-order valence-electron chi connectivity index (χ4n) is 2.44. The van der Waals surface area contributed by atoms with Crippen molar-refractivity contribution in [2.45, 2.75) is 6.54 Å². The van der Waals surface area contributed by atoms with Crippen molar-refractivity contribution in [1.82, 2.24) is 25.5 Å². The molecule has 9 nitrogen and oxygen atoms in total. The molecule has 0 unspecified atom stereocenters. The van der Waals surface area contributed by atoms with Gasteiger partial charge in [0.15, 0.2) is 29.0 Å². The summed E-state index contributed by atoms with van der Waals surface area (Å²) in [6.45, 7) is 0.0972. The maximum atomic E-state index is 13.4. The molecule has 1 aliphatic rings. The summed E-state index contributed by atoms with van der Waals surface area (Å²) < 4.78 is 38.1. The van der Waals surface area contributed by atoms with Crippen LogP contribution in [0.2, 0.25) is 0 Å². The summed E-state index contributed by atoms with van der Waals surface area (Å²) in [6, 6.07) is 7.73. The van der Waals surface area contributed by atoms with Gasteiger partial charge in [0.2, 0.25) is 6.79 Å². The lowest BCUT2D eigenvalue weighted by atomic mass is 10.3. The minimum atomic E-state index is -1.03. The Morgan fingerprint density at radius 2 is 1.96 bits per heavy atom. The minimum absolute atomic E-state index is 0.0393. The first kappa shape index (κ1) is 16.7. The van der Waals surface area contributed by atoms with Gasteiger partial charge < -0.3 is 20.1 Å². The van der Waals surface area contributed by atoms with Gasteiger partial charge in [-0.25, -0.2) is 13.6 Å². The number of carbonyl (C=O) groups excluding carboxylic acids is 1. The number of tetrazole rings is 1. The molecule has 0 spiro atoms.